The van der Waals surface area contributed by atoms with Crippen LogP contribution in [0.4, 0.5) is 11.9 Å². The summed E-state index contributed by atoms with van der Waals surface area (Å²) in [5.74, 6) is 0.201. The van der Waals surface area contributed by atoms with Crippen LogP contribution >= 0.6 is 0 Å². The van der Waals surface area contributed by atoms with Gasteiger partial charge in [-0.25, -0.2) is 0 Å². The molecule has 0 unspecified atom stereocenters. The zero-order valence-electron chi connectivity index (χ0n) is 11.6. The molecule has 0 aliphatic rings. The van der Waals surface area contributed by atoms with Crippen LogP contribution in [0.5, 0.6) is 0 Å². The lowest BCUT2D eigenvalue weighted by Crippen LogP contribution is -2.08. The molecule has 1 aromatic heterocycles. The molecule has 0 bridgehead atoms. The molecular weight excluding hydrogens is 278 g/mol. The third-order valence-electron chi connectivity index (χ3n) is 3.12. The molecule has 0 spiro atoms. The molecule has 6 heteroatoms. The number of rotatable bonds is 3. The van der Waals surface area contributed by atoms with Gasteiger partial charge in [0.15, 0.2) is 11.6 Å². The van der Waals surface area contributed by atoms with Crippen LogP contribution in [-0.2, 0) is 0 Å². The quantitative estimate of drug-likeness (QED) is 0.714. The van der Waals surface area contributed by atoms with Gasteiger partial charge in [-0.05, 0) is 0 Å². The fraction of sp³-hybridized carbons (Fsp3) is 0. The average molecular weight is 291 g/mol. The molecule has 0 saturated heterocycles. The predicted molar refractivity (Wildman–Crippen MR) is 84.0 cm³/mol. The van der Waals surface area contributed by atoms with E-state index >= 15 is 0 Å². The van der Waals surface area contributed by atoms with Gasteiger partial charge in [-0.2, -0.15) is 15.0 Å². The first-order valence-electron chi connectivity index (χ1n) is 6.61. The first-order valence-corrected chi connectivity index (χ1v) is 6.61. The molecule has 0 saturated carbocycles. The second kappa shape index (κ2) is 5.61. The third-order valence-corrected chi connectivity index (χ3v) is 3.12. The van der Waals surface area contributed by atoms with E-state index in [1.807, 2.05) is 18.2 Å². The van der Waals surface area contributed by atoms with Gasteiger partial charge in [-0.15, -0.1) is 0 Å². The topological polar surface area (TPSA) is 108 Å². The van der Waals surface area contributed by atoms with Crippen molar-refractivity contribution in [3.05, 3.63) is 65.7 Å². The summed E-state index contributed by atoms with van der Waals surface area (Å²) < 4.78 is 0. The van der Waals surface area contributed by atoms with Crippen LogP contribution < -0.4 is 11.5 Å². The number of carbonyl (C=O) groups excluding carboxylic acids is 1. The zero-order chi connectivity index (χ0) is 15.5. The summed E-state index contributed by atoms with van der Waals surface area (Å²) in [7, 11) is 0. The van der Waals surface area contributed by atoms with Crippen molar-refractivity contribution in [2.75, 3.05) is 11.5 Å². The fourth-order valence-electron chi connectivity index (χ4n) is 2.15. The van der Waals surface area contributed by atoms with E-state index in [0.29, 0.717) is 16.7 Å². The number of anilines is 2. The number of nitrogens with two attached hydrogens (primary N) is 2. The highest BCUT2D eigenvalue weighted by molar-refractivity contribution is 6.12. The Kier molecular flexibility index (Phi) is 3.49. The van der Waals surface area contributed by atoms with Crippen molar-refractivity contribution in [1.82, 2.24) is 15.0 Å². The summed E-state index contributed by atoms with van der Waals surface area (Å²) in [6, 6.07) is 16.1. The summed E-state index contributed by atoms with van der Waals surface area (Å²) in [5, 5.41) is 0. The lowest BCUT2D eigenvalue weighted by atomic mass is 9.98. The minimum Gasteiger partial charge on any atom is -0.368 e. The van der Waals surface area contributed by atoms with Crippen molar-refractivity contribution in [1.29, 1.82) is 0 Å². The maximum atomic E-state index is 12.7. The van der Waals surface area contributed by atoms with Crippen molar-refractivity contribution in [2.24, 2.45) is 0 Å². The van der Waals surface area contributed by atoms with E-state index in [9.17, 15) is 4.79 Å². The minimum atomic E-state index is -0.117. The molecule has 0 fully saturated rings. The Hall–Kier alpha value is -3.28. The van der Waals surface area contributed by atoms with Gasteiger partial charge in [-0.1, -0.05) is 54.6 Å². The van der Waals surface area contributed by atoms with Crippen molar-refractivity contribution in [3.8, 4) is 11.4 Å². The van der Waals surface area contributed by atoms with E-state index in [1.54, 1.807) is 36.4 Å². The van der Waals surface area contributed by atoms with Gasteiger partial charge in [0.25, 0.3) is 0 Å². The zero-order valence-corrected chi connectivity index (χ0v) is 11.6. The van der Waals surface area contributed by atoms with Crippen LogP contribution in [0.2, 0.25) is 0 Å². The molecule has 108 valence electrons. The summed E-state index contributed by atoms with van der Waals surface area (Å²) in [6.45, 7) is 0. The van der Waals surface area contributed by atoms with Gasteiger partial charge >= 0.3 is 0 Å². The molecule has 4 N–H and O–H groups in total. The molecule has 3 rings (SSSR count). The molecule has 0 atom stereocenters. The highest BCUT2D eigenvalue weighted by Gasteiger charge is 2.16. The number of hydrogen-bond acceptors (Lipinski definition) is 6. The molecule has 3 aromatic rings. The first-order chi connectivity index (χ1) is 10.6. The highest BCUT2D eigenvalue weighted by Crippen LogP contribution is 2.23. The molecule has 0 radical (unpaired) electrons. The fourth-order valence-corrected chi connectivity index (χ4v) is 2.15. The molecule has 0 aliphatic heterocycles. The number of aromatic nitrogens is 3. The van der Waals surface area contributed by atoms with Crippen molar-refractivity contribution < 1.29 is 4.79 Å². The van der Waals surface area contributed by atoms with Gasteiger partial charge in [0.2, 0.25) is 11.9 Å². The standard InChI is InChI=1S/C16H13N5O/c17-15-19-14(20-16(18)21-15)12-9-5-4-8-11(12)13(22)10-6-2-1-3-7-10/h1-9H,(H4,17,18,19,20,21). The van der Waals surface area contributed by atoms with Gasteiger partial charge in [0.1, 0.15) is 0 Å². The Morgan fingerprint density at radius 3 is 2.05 bits per heavy atom. The van der Waals surface area contributed by atoms with Crippen molar-refractivity contribution in [2.45, 2.75) is 0 Å². The van der Waals surface area contributed by atoms with E-state index in [4.69, 9.17) is 11.5 Å². The van der Waals surface area contributed by atoms with E-state index < -0.39 is 0 Å². The average Bonchev–Trinajstić information content (AvgIpc) is 2.54. The summed E-state index contributed by atoms with van der Waals surface area (Å²) >= 11 is 0. The maximum Gasteiger partial charge on any atom is 0.225 e. The Labute approximate surface area is 126 Å². The van der Waals surface area contributed by atoms with E-state index in [0.717, 1.165) is 0 Å². The second-order valence-electron chi connectivity index (χ2n) is 4.62. The van der Waals surface area contributed by atoms with E-state index in [1.165, 1.54) is 0 Å². The van der Waals surface area contributed by atoms with Crippen molar-refractivity contribution in [3.63, 3.8) is 0 Å². The normalized spacial score (nSPS) is 10.4. The molecule has 0 amide bonds. The van der Waals surface area contributed by atoms with Crippen LogP contribution in [-0.4, -0.2) is 20.7 Å². The molecule has 0 aliphatic carbocycles. The van der Waals surface area contributed by atoms with Crippen molar-refractivity contribution >= 4 is 17.7 Å². The monoisotopic (exact) mass is 291 g/mol. The van der Waals surface area contributed by atoms with Crippen LogP contribution in [0.1, 0.15) is 15.9 Å². The maximum absolute atomic E-state index is 12.7. The summed E-state index contributed by atoms with van der Waals surface area (Å²) in [5.41, 5.74) is 12.9. The van der Waals surface area contributed by atoms with Crippen LogP contribution in [0.15, 0.2) is 54.6 Å². The van der Waals surface area contributed by atoms with Gasteiger partial charge < -0.3 is 11.5 Å². The number of hydrogen-bond donors (Lipinski definition) is 2. The Balaban J connectivity index is 2.13. The molecular formula is C16H13N5O. The molecule has 22 heavy (non-hydrogen) atoms. The number of carbonyl (C=O) groups is 1. The summed E-state index contributed by atoms with van der Waals surface area (Å²) in [6.07, 6.45) is 0. The smallest absolute Gasteiger partial charge is 0.225 e. The van der Waals surface area contributed by atoms with Crippen LogP contribution in [0, 0.1) is 0 Å². The lowest BCUT2D eigenvalue weighted by molar-refractivity contribution is 0.103. The van der Waals surface area contributed by atoms with Crippen LogP contribution in [0.25, 0.3) is 11.4 Å². The number of benzene rings is 2. The van der Waals surface area contributed by atoms with E-state index in [-0.39, 0.29) is 23.5 Å². The SMILES string of the molecule is Nc1nc(N)nc(-c2ccccc2C(=O)c2ccccc2)n1. The van der Waals surface area contributed by atoms with E-state index in [2.05, 4.69) is 15.0 Å². The molecule has 2 aromatic carbocycles. The Morgan fingerprint density at radius 1 is 0.773 bits per heavy atom. The Morgan fingerprint density at radius 2 is 1.36 bits per heavy atom. The number of ketones is 1. The highest BCUT2D eigenvalue weighted by atomic mass is 16.1. The predicted octanol–water partition coefficient (Wildman–Crippen LogP) is 1.93. The molecule has 1 heterocycles. The van der Waals surface area contributed by atoms with Gasteiger partial charge in [-0.3, -0.25) is 4.79 Å². The number of nitrogens with zero attached hydrogens (tertiary/aromatic N) is 3. The summed E-state index contributed by atoms with van der Waals surface area (Å²) in [4.78, 5) is 24.5. The van der Waals surface area contributed by atoms with Gasteiger partial charge in [0.05, 0.1) is 0 Å². The first kappa shape index (κ1) is 13.7. The lowest BCUT2D eigenvalue weighted by Gasteiger charge is -2.08. The largest absolute Gasteiger partial charge is 0.368 e. The minimum absolute atomic E-state index is 0.0180. The number of nitrogen functional groups attached to an aromatic ring is 2. The van der Waals surface area contributed by atoms with Gasteiger partial charge in [0, 0.05) is 16.7 Å². The van der Waals surface area contributed by atoms with Crippen LogP contribution in [0.3, 0.4) is 0 Å². The second-order valence-corrected chi connectivity index (χ2v) is 4.62. The Bertz CT molecular complexity index is 813. The third kappa shape index (κ3) is 2.62. The molecule has 6 nitrogen and oxygen atoms in total.